The van der Waals surface area contributed by atoms with Gasteiger partial charge in [0.1, 0.15) is 0 Å². The van der Waals surface area contributed by atoms with Crippen LogP contribution in [0.5, 0.6) is 0 Å². The van der Waals surface area contributed by atoms with Gasteiger partial charge in [-0.05, 0) is 28.8 Å². The molecule has 0 spiro atoms. The molecule has 4 aromatic carbocycles. The van der Waals surface area contributed by atoms with Gasteiger partial charge in [0, 0.05) is 0 Å². The van der Waals surface area contributed by atoms with E-state index < -0.39 is 5.54 Å². The Kier molecular flexibility index (Phi) is 4.88. The SMILES string of the molecule is c1ccc(N=NC(c2ccccc2)(c2ccccc2)c2ccccc2)cc1. The standard InChI is InChI=1S/C25H20N2/c1-5-13-21(14-6-1)25(22-15-7-2-8-16-22,23-17-9-3-10-18-23)27-26-24-19-11-4-12-20-24/h1-20H. The van der Waals surface area contributed by atoms with Crippen LogP contribution < -0.4 is 0 Å². The summed E-state index contributed by atoms with van der Waals surface area (Å²) in [5.74, 6) is 0. The fourth-order valence-electron chi connectivity index (χ4n) is 3.34. The second-order valence-electron chi connectivity index (χ2n) is 6.34. The molecule has 0 aliphatic heterocycles. The lowest BCUT2D eigenvalue weighted by Crippen LogP contribution is -2.26. The van der Waals surface area contributed by atoms with E-state index in [2.05, 4.69) is 41.5 Å². The third-order valence-electron chi connectivity index (χ3n) is 4.65. The van der Waals surface area contributed by atoms with Crippen LogP contribution >= 0.6 is 0 Å². The van der Waals surface area contributed by atoms with Crippen LogP contribution in [-0.4, -0.2) is 0 Å². The van der Waals surface area contributed by atoms with E-state index in [1.54, 1.807) is 0 Å². The normalized spacial score (nSPS) is 11.6. The highest BCUT2D eigenvalue weighted by Crippen LogP contribution is 2.41. The Morgan fingerprint density at radius 3 is 1.11 bits per heavy atom. The highest BCUT2D eigenvalue weighted by molar-refractivity contribution is 5.50. The van der Waals surface area contributed by atoms with Crippen molar-refractivity contribution in [3.8, 4) is 0 Å². The number of benzene rings is 4. The molecule has 0 radical (unpaired) electrons. The number of azo groups is 1. The third-order valence-corrected chi connectivity index (χ3v) is 4.65. The molecule has 0 aliphatic rings. The summed E-state index contributed by atoms with van der Waals surface area (Å²) >= 11 is 0. The molecule has 0 heterocycles. The van der Waals surface area contributed by atoms with Crippen molar-refractivity contribution >= 4 is 5.69 Å². The van der Waals surface area contributed by atoms with Crippen molar-refractivity contribution in [1.82, 2.24) is 0 Å². The molecule has 130 valence electrons. The predicted molar refractivity (Wildman–Crippen MR) is 110 cm³/mol. The van der Waals surface area contributed by atoms with Gasteiger partial charge < -0.3 is 0 Å². The van der Waals surface area contributed by atoms with Crippen molar-refractivity contribution in [1.29, 1.82) is 0 Å². The Morgan fingerprint density at radius 2 is 0.741 bits per heavy atom. The highest BCUT2D eigenvalue weighted by Gasteiger charge is 2.36. The van der Waals surface area contributed by atoms with Crippen LogP contribution in [0.2, 0.25) is 0 Å². The maximum absolute atomic E-state index is 4.96. The van der Waals surface area contributed by atoms with E-state index in [4.69, 9.17) is 5.11 Å². The van der Waals surface area contributed by atoms with Gasteiger partial charge in [0.2, 0.25) is 0 Å². The molecular weight excluding hydrogens is 328 g/mol. The van der Waals surface area contributed by atoms with Crippen LogP contribution in [0, 0.1) is 0 Å². The smallest absolute Gasteiger partial charge is 0.157 e. The minimum Gasteiger partial charge on any atom is -0.167 e. The lowest BCUT2D eigenvalue weighted by atomic mass is 9.78. The first-order chi connectivity index (χ1) is 13.4. The zero-order valence-electron chi connectivity index (χ0n) is 14.9. The average Bonchev–Trinajstić information content (AvgIpc) is 2.77. The Morgan fingerprint density at radius 1 is 0.407 bits per heavy atom. The van der Waals surface area contributed by atoms with Gasteiger partial charge >= 0.3 is 0 Å². The molecule has 0 amide bonds. The lowest BCUT2D eigenvalue weighted by molar-refractivity contribution is 0.618. The molecule has 0 fully saturated rings. The maximum atomic E-state index is 4.96. The summed E-state index contributed by atoms with van der Waals surface area (Å²) in [5, 5.41) is 9.59. The number of rotatable bonds is 5. The van der Waals surface area contributed by atoms with Gasteiger partial charge in [-0.3, -0.25) is 0 Å². The zero-order valence-corrected chi connectivity index (χ0v) is 14.9. The quantitative estimate of drug-likeness (QED) is 0.281. The van der Waals surface area contributed by atoms with Crippen LogP contribution in [-0.2, 0) is 5.54 Å². The van der Waals surface area contributed by atoms with Crippen LogP contribution in [0.4, 0.5) is 5.69 Å². The summed E-state index contributed by atoms with van der Waals surface area (Å²) in [6.45, 7) is 0. The molecule has 27 heavy (non-hydrogen) atoms. The van der Waals surface area contributed by atoms with Crippen molar-refractivity contribution in [2.75, 3.05) is 0 Å². The molecule has 0 N–H and O–H groups in total. The summed E-state index contributed by atoms with van der Waals surface area (Å²) in [4.78, 5) is 0. The summed E-state index contributed by atoms with van der Waals surface area (Å²) in [7, 11) is 0. The second-order valence-corrected chi connectivity index (χ2v) is 6.34. The average molecular weight is 348 g/mol. The summed E-state index contributed by atoms with van der Waals surface area (Å²) in [6, 6.07) is 40.9. The largest absolute Gasteiger partial charge is 0.167 e. The van der Waals surface area contributed by atoms with E-state index in [0.29, 0.717) is 0 Å². The molecular formula is C25H20N2. The van der Waals surface area contributed by atoms with Crippen molar-refractivity contribution in [3.05, 3.63) is 138 Å². The van der Waals surface area contributed by atoms with Gasteiger partial charge in [-0.2, -0.15) is 10.2 Å². The Hall–Kier alpha value is -3.52. The van der Waals surface area contributed by atoms with E-state index in [9.17, 15) is 0 Å². The molecule has 4 rings (SSSR count). The molecule has 0 saturated heterocycles. The Balaban J connectivity index is 1.99. The fourth-order valence-corrected chi connectivity index (χ4v) is 3.34. The summed E-state index contributed by atoms with van der Waals surface area (Å²) in [5.41, 5.74) is 3.38. The summed E-state index contributed by atoms with van der Waals surface area (Å²) in [6.07, 6.45) is 0. The first kappa shape index (κ1) is 16.9. The third kappa shape index (κ3) is 3.42. The van der Waals surface area contributed by atoms with Crippen molar-refractivity contribution in [2.45, 2.75) is 5.54 Å². The lowest BCUT2D eigenvalue weighted by Gasteiger charge is -2.30. The van der Waals surface area contributed by atoms with Crippen molar-refractivity contribution in [3.63, 3.8) is 0 Å². The molecule has 2 heteroatoms. The van der Waals surface area contributed by atoms with Crippen LogP contribution in [0.1, 0.15) is 16.7 Å². The molecule has 0 aliphatic carbocycles. The van der Waals surface area contributed by atoms with E-state index in [0.717, 1.165) is 22.4 Å². The second kappa shape index (κ2) is 7.79. The highest BCUT2D eigenvalue weighted by atomic mass is 15.2. The number of hydrogen-bond acceptors (Lipinski definition) is 2. The van der Waals surface area contributed by atoms with Gasteiger partial charge in [0.25, 0.3) is 0 Å². The first-order valence-electron chi connectivity index (χ1n) is 9.04. The van der Waals surface area contributed by atoms with E-state index in [-0.39, 0.29) is 0 Å². The number of hydrogen-bond donors (Lipinski definition) is 0. The Labute approximate surface area is 159 Å². The van der Waals surface area contributed by atoms with E-state index in [1.807, 2.05) is 84.9 Å². The van der Waals surface area contributed by atoms with Gasteiger partial charge in [0.15, 0.2) is 5.54 Å². The molecule has 0 unspecified atom stereocenters. The monoisotopic (exact) mass is 348 g/mol. The molecule has 4 aromatic rings. The molecule has 0 atom stereocenters. The molecule has 0 aromatic heterocycles. The van der Waals surface area contributed by atoms with Gasteiger partial charge in [0.05, 0.1) is 5.69 Å². The Bertz CT molecular complexity index is 898. The van der Waals surface area contributed by atoms with E-state index >= 15 is 0 Å². The topological polar surface area (TPSA) is 24.7 Å². The maximum Gasteiger partial charge on any atom is 0.157 e. The van der Waals surface area contributed by atoms with Crippen LogP contribution in [0.25, 0.3) is 0 Å². The van der Waals surface area contributed by atoms with Crippen LogP contribution in [0.15, 0.2) is 132 Å². The molecule has 0 bridgehead atoms. The van der Waals surface area contributed by atoms with Gasteiger partial charge in [-0.25, -0.2) is 0 Å². The minimum absolute atomic E-state index is 0.709. The first-order valence-corrected chi connectivity index (χ1v) is 9.04. The number of nitrogens with zero attached hydrogens (tertiary/aromatic N) is 2. The van der Waals surface area contributed by atoms with Crippen LogP contribution in [0.3, 0.4) is 0 Å². The zero-order chi connectivity index (χ0) is 18.4. The predicted octanol–water partition coefficient (Wildman–Crippen LogP) is 6.76. The minimum atomic E-state index is -0.709. The van der Waals surface area contributed by atoms with E-state index in [1.165, 1.54) is 0 Å². The fraction of sp³-hybridized carbons (Fsp3) is 0.0400. The van der Waals surface area contributed by atoms with Gasteiger partial charge in [-0.15, -0.1) is 0 Å². The van der Waals surface area contributed by atoms with Gasteiger partial charge in [-0.1, -0.05) is 109 Å². The molecule has 2 nitrogen and oxygen atoms in total. The van der Waals surface area contributed by atoms with Crippen molar-refractivity contribution < 1.29 is 0 Å². The van der Waals surface area contributed by atoms with Crippen molar-refractivity contribution in [2.24, 2.45) is 10.2 Å². The summed E-state index contributed by atoms with van der Waals surface area (Å²) < 4.78 is 0. The molecule has 0 saturated carbocycles.